The SMILES string of the molecule is CC(C)S(=O)(=O)c1ccc(N(C)C(=O)O)cc1[C@@H]1CCCN1.Cl. The van der Waals surface area contributed by atoms with E-state index < -0.39 is 21.2 Å². The number of rotatable bonds is 4. The third-order valence-corrected chi connectivity index (χ3v) is 6.26. The summed E-state index contributed by atoms with van der Waals surface area (Å²) in [5.41, 5.74) is 1.13. The molecule has 1 saturated heterocycles. The van der Waals surface area contributed by atoms with Gasteiger partial charge in [0.05, 0.1) is 10.1 Å². The number of amides is 1. The molecule has 1 fully saturated rings. The molecule has 1 aliphatic rings. The molecule has 2 N–H and O–H groups in total. The fourth-order valence-corrected chi connectivity index (χ4v) is 3.89. The van der Waals surface area contributed by atoms with E-state index in [1.54, 1.807) is 26.0 Å². The van der Waals surface area contributed by atoms with Crippen LogP contribution >= 0.6 is 12.4 Å². The highest BCUT2D eigenvalue weighted by molar-refractivity contribution is 7.92. The number of anilines is 1. The van der Waals surface area contributed by atoms with Crippen molar-refractivity contribution < 1.29 is 18.3 Å². The Kier molecular flexibility index (Phi) is 6.44. The van der Waals surface area contributed by atoms with Crippen LogP contribution in [0.2, 0.25) is 0 Å². The molecule has 0 saturated carbocycles. The number of halogens is 1. The first kappa shape index (κ1) is 19.7. The molecule has 0 bridgehead atoms. The van der Waals surface area contributed by atoms with Crippen molar-refractivity contribution in [1.82, 2.24) is 5.32 Å². The molecule has 0 aliphatic carbocycles. The van der Waals surface area contributed by atoms with E-state index in [9.17, 15) is 13.2 Å². The standard InChI is InChI=1S/C15H22N2O4S.ClH/c1-10(2)22(20,21)14-7-6-11(17(3)15(18)19)9-12(14)13-5-4-8-16-13;/h6-7,9-10,13,16H,4-5,8H2,1-3H3,(H,18,19);1H/t13-;/m0./s1. The predicted molar refractivity (Wildman–Crippen MR) is 92.4 cm³/mol. The van der Waals surface area contributed by atoms with Crippen molar-refractivity contribution in [2.45, 2.75) is 42.9 Å². The number of nitrogens with one attached hydrogen (secondary N) is 1. The maximum atomic E-state index is 12.6. The van der Waals surface area contributed by atoms with E-state index in [1.165, 1.54) is 13.1 Å². The number of hydrogen-bond acceptors (Lipinski definition) is 4. The summed E-state index contributed by atoms with van der Waals surface area (Å²) in [5.74, 6) is 0. The largest absolute Gasteiger partial charge is 0.465 e. The van der Waals surface area contributed by atoms with Gasteiger partial charge in [0.1, 0.15) is 0 Å². The van der Waals surface area contributed by atoms with Crippen molar-refractivity contribution in [1.29, 1.82) is 0 Å². The second-order valence-electron chi connectivity index (χ2n) is 5.81. The highest BCUT2D eigenvalue weighted by Crippen LogP contribution is 2.33. The van der Waals surface area contributed by atoms with E-state index in [2.05, 4.69) is 5.32 Å². The first-order valence-electron chi connectivity index (χ1n) is 7.33. The van der Waals surface area contributed by atoms with E-state index in [-0.39, 0.29) is 18.4 Å². The van der Waals surface area contributed by atoms with Crippen LogP contribution in [0.15, 0.2) is 23.1 Å². The molecule has 0 unspecified atom stereocenters. The Balaban J connectivity index is 0.00000264. The minimum absolute atomic E-state index is 0. The van der Waals surface area contributed by atoms with Gasteiger partial charge in [0, 0.05) is 18.8 Å². The van der Waals surface area contributed by atoms with Gasteiger partial charge in [0.25, 0.3) is 0 Å². The van der Waals surface area contributed by atoms with Crippen molar-refractivity contribution in [3.63, 3.8) is 0 Å². The molecular weight excluding hydrogens is 340 g/mol. The predicted octanol–water partition coefficient (Wildman–Crippen LogP) is 2.83. The van der Waals surface area contributed by atoms with Crippen molar-refractivity contribution in [3.05, 3.63) is 23.8 Å². The molecule has 0 spiro atoms. The minimum atomic E-state index is -3.41. The summed E-state index contributed by atoms with van der Waals surface area (Å²) in [6.45, 7) is 4.14. The second-order valence-corrected chi connectivity index (χ2v) is 8.28. The molecule has 1 aliphatic heterocycles. The molecule has 1 amide bonds. The van der Waals surface area contributed by atoms with Crippen LogP contribution in [-0.4, -0.2) is 38.5 Å². The Labute approximate surface area is 143 Å². The Hall–Kier alpha value is -1.31. The lowest BCUT2D eigenvalue weighted by Gasteiger charge is -2.21. The molecule has 1 aromatic carbocycles. The lowest BCUT2D eigenvalue weighted by Crippen LogP contribution is -2.25. The van der Waals surface area contributed by atoms with Gasteiger partial charge in [-0.25, -0.2) is 13.2 Å². The molecule has 8 heteroatoms. The van der Waals surface area contributed by atoms with E-state index in [4.69, 9.17) is 5.11 Å². The highest BCUT2D eigenvalue weighted by atomic mass is 35.5. The molecule has 1 heterocycles. The van der Waals surface area contributed by atoms with Gasteiger partial charge in [-0.2, -0.15) is 0 Å². The molecule has 2 rings (SSSR count). The van der Waals surface area contributed by atoms with Crippen LogP contribution in [0.1, 0.15) is 38.3 Å². The molecule has 130 valence electrons. The number of carboxylic acid groups (broad SMARTS) is 1. The summed E-state index contributed by atoms with van der Waals surface area (Å²) in [6, 6.07) is 4.69. The topological polar surface area (TPSA) is 86.7 Å². The summed E-state index contributed by atoms with van der Waals surface area (Å²) in [5, 5.41) is 11.9. The van der Waals surface area contributed by atoms with Crippen LogP contribution in [0.4, 0.5) is 10.5 Å². The van der Waals surface area contributed by atoms with E-state index in [0.717, 1.165) is 24.3 Å². The number of nitrogens with zero attached hydrogens (tertiary/aromatic N) is 1. The molecular formula is C15H23ClN2O4S. The van der Waals surface area contributed by atoms with Crippen molar-refractivity contribution in [3.8, 4) is 0 Å². The monoisotopic (exact) mass is 362 g/mol. The molecule has 0 aromatic heterocycles. The summed E-state index contributed by atoms with van der Waals surface area (Å²) >= 11 is 0. The van der Waals surface area contributed by atoms with Crippen LogP contribution in [0, 0.1) is 0 Å². The molecule has 0 radical (unpaired) electrons. The Morgan fingerprint density at radius 3 is 2.52 bits per heavy atom. The van der Waals surface area contributed by atoms with Gasteiger partial charge in [0.15, 0.2) is 9.84 Å². The fraction of sp³-hybridized carbons (Fsp3) is 0.533. The number of carbonyl (C=O) groups is 1. The Morgan fingerprint density at radius 2 is 2.04 bits per heavy atom. The van der Waals surface area contributed by atoms with Crippen LogP contribution in [0.5, 0.6) is 0 Å². The van der Waals surface area contributed by atoms with Crippen LogP contribution < -0.4 is 10.2 Å². The van der Waals surface area contributed by atoms with Crippen molar-refractivity contribution >= 4 is 34.0 Å². The Bertz CT molecular complexity index is 670. The summed E-state index contributed by atoms with van der Waals surface area (Å²) < 4.78 is 25.1. The molecule has 23 heavy (non-hydrogen) atoms. The quantitative estimate of drug-likeness (QED) is 0.860. The number of sulfone groups is 1. The average Bonchev–Trinajstić information content (AvgIpc) is 2.99. The van der Waals surface area contributed by atoms with Gasteiger partial charge in [-0.1, -0.05) is 0 Å². The molecule has 6 nitrogen and oxygen atoms in total. The summed E-state index contributed by atoms with van der Waals surface area (Å²) in [4.78, 5) is 12.5. The van der Waals surface area contributed by atoms with Gasteiger partial charge >= 0.3 is 6.09 Å². The third-order valence-electron chi connectivity index (χ3n) is 4.03. The fourth-order valence-electron chi connectivity index (χ4n) is 2.59. The zero-order valence-corrected chi connectivity index (χ0v) is 15.1. The summed E-state index contributed by atoms with van der Waals surface area (Å²) in [7, 11) is -1.97. The lowest BCUT2D eigenvalue weighted by atomic mass is 10.0. The third kappa shape index (κ3) is 3.97. The van der Waals surface area contributed by atoms with E-state index in [0.29, 0.717) is 16.1 Å². The van der Waals surface area contributed by atoms with Gasteiger partial charge in [-0.15, -0.1) is 12.4 Å². The second kappa shape index (κ2) is 7.51. The van der Waals surface area contributed by atoms with Crippen molar-refractivity contribution in [2.75, 3.05) is 18.5 Å². The van der Waals surface area contributed by atoms with Gasteiger partial charge in [-0.3, -0.25) is 4.90 Å². The minimum Gasteiger partial charge on any atom is -0.465 e. The maximum Gasteiger partial charge on any atom is 0.411 e. The Morgan fingerprint density at radius 1 is 1.39 bits per heavy atom. The smallest absolute Gasteiger partial charge is 0.411 e. The highest BCUT2D eigenvalue weighted by Gasteiger charge is 2.28. The van der Waals surface area contributed by atoms with Gasteiger partial charge in [0.2, 0.25) is 0 Å². The van der Waals surface area contributed by atoms with Gasteiger partial charge < -0.3 is 10.4 Å². The lowest BCUT2D eigenvalue weighted by molar-refractivity contribution is 0.203. The first-order valence-corrected chi connectivity index (χ1v) is 8.87. The van der Waals surface area contributed by atoms with E-state index in [1.807, 2.05) is 0 Å². The first-order chi connectivity index (χ1) is 10.2. The zero-order chi connectivity index (χ0) is 16.5. The van der Waals surface area contributed by atoms with Crippen LogP contribution in [0.25, 0.3) is 0 Å². The maximum absolute atomic E-state index is 12.6. The van der Waals surface area contributed by atoms with E-state index >= 15 is 0 Å². The number of benzene rings is 1. The van der Waals surface area contributed by atoms with Gasteiger partial charge in [-0.05, 0) is 57.0 Å². The molecule has 1 aromatic rings. The number of hydrogen-bond donors (Lipinski definition) is 2. The normalized spacial score (nSPS) is 17.8. The zero-order valence-electron chi connectivity index (χ0n) is 13.4. The average molecular weight is 363 g/mol. The van der Waals surface area contributed by atoms with Crippen LogP contribution in [0.3, 0.4) is 0 Å². The molecule has 1 atom stereocenters. The van der Waals surface area contributed by atoms with Crippen molar-refractivity contribution in [2.24, 2.45) is 0 Å². The summed E-state index contributed by atoms with van der Waals surface area (Å²) in [6.07, 6.45) is 0.746. The van der Waals surface area contributed by atoms with Crippen LogP contribution in [-0.2, 0) is 9.84 Å².